The zero-order chi connectivity index (χ0) is 26.6. The van der Waals surface area contributed by atoms with E-state index in [0.717, 1.165) is 41.3 Å². The number of benzene rings is 2. The minimum atomic E-state index is -0.268. The molecule has 4 N–H and O–H groups in total. The number of aromatic nitrogens is 3. The van der Waals surface area contributed by atoms with Crippen LogP contribution in [0.1, 0.15) is 58.9 Å². The van der Waals surface area contributed by atoms with Crippen molar-refractivity contribution >= 4 is 67.0 Å². The Kier molecular flexibility index (Phi) is 7.28. The van der Waals surface area contributed by atoms with Crippen molar-refractivity contribution in [3.63, 3.8) is 0 Å². The van der Waals surface area contributed by atoms with Crippen LogP contribution in [0.3, 0.4) is 0 Å². The molecule has 8 nitrogen and oxygen atoms in total. The van der Waals surface area contributed by atoms with Crippen LogP contribution < -0.4 is 16.4 Å². The molecular formula is C29H28N6O2S. The minimum absolute atomic E-state index is 0.164. The molecule has 2 aromatic carbocycles. The number of pyridine rings is 1. The Morgan fingerprint density at radius 2 is 1.79 bits per heavy atom. The van der Waals surface area contributed by atoms with E-state index in [1.165, 1.54) is 17.7 Å². The molecule has 1 amide bonds. The Hall–Kier alpha value is -4.37. The van der Waals surface area contributed by atoms with Crippen molar-refractivity contribution in [3.8, 4) is 0 Å². The van der Waals surface area contributed by atoms with E-state index < -0.39 is 0 Å². The Labute approximate surface area is 224 Å². The summed E-state index contributed by atoms with van der Waals surface area (Å²) >= 11 is 1.35. The predicted molar refractivity (Wildman–Crippen MR) is 154 cm³/mol. The van der Waals surface area contributed by atoms with Crippen LogP contribution in [0.2, 0.25) is 0 Å². The molecule has 0 radical (unpaired) electrons. The maximum atomic E-state index is 13.3. The first-order valence-electron chi connectivity index (χ1n) is 12.5. The van der Waals surface area contributed by atoms with Crippen LogP contribution >= 0.6 is 11.3 Å². The van der Waals surface area contributed by atoms with Crippen molar-refractivity contribution in [1.29, 1.82) is 0 Å². The summed E-state index contributed by atoms with van der Waals surface area (Å²) < 4.78 is 0.691. The van der Waals surface area contributed by atoms with Gasteiger partial charge >= 0.3 is 0 Å². The van der Waals surface area contributed by atoms with Gasteiger partial charge in [0.15, 0.2) is 5.78 Å². The third kappa shape index (κ3) is 5.05. The molecule has 9 heteroatoms. The van der Waals surface area contributed by atoms with E-state index in [2.05, 4.69) is 32.5 Å². The number of fused-ring (bicyclic) bond motifs is 2. The number of ketones is 1. The highest BCUT2D eigenvalue weighted by atomic mass is 32.1. The van der Waals surface area contributed by atoms with Crippen LogP contribution in [0.25, 0.3) is 21.0 Å². The number of hydrogen-bond acceptors (Lipinski definition) is 8. The topological polar surface area (TPSA) is 123 Å². The van der Waals surface area contributed by atoms with Crippen LogP contribution in [0.15, 0.2) is 60.4 Å². The van der Waals surface area contributed by atoms with E-state index in [0.29, 0.717) is 45.1 Å². The summed E-state index contributed by atoms with van der Waals surface area (Å²) in [4.78, 5) is 38.5. The summed E-state index contributed by atoms with van der Waals surface area (Å²) in [5.74, 6) is 0.907. The normalized spacial score (nSPS) is 11.1. The number of amides is 1. The maximum absolute atomic E-state index is 13.3. The lowest BCUT2D eigenvalue weighted by atomic mass is 10.0. The molecule has 0 aliphatic rings. The van der Waals surface area contributed by atoms with Gasteiger partial charge in [-0.1, -0.05) is 31.9 Å². The Balaban J connectivity index is 1.40. The fraction of sp³-hybridized carbons (Fsp3) is 0.207. The summed E-state index contributed by atoms with van der Waals surface area (Å²) in [6, 6.07) is 13.3. The highest BCUT2D eigenvalue weighted by molar-refractivity contribution is 7.18. The molecule has 192 valence electrons. The molecule has 0 bridgehead atoms. The van der Waals surface area contributed by atoms with Crippen LogP contribution in [-0.2, 0) is 0 Å². The number of nitrogen functional groups attached to an aromatic ring is 1. The number of hydrogen-bond donors (Lipinski definition) is 3. The van der Waals surface area contributed by atoms with Crippen LogP contribution in [0.5, 0.6) is 0 Å². The van der Waals surface area contributed by atoms with E-state index in [1.54, 1.807) is 11.6 Å². The fourth-order valence-electron chi connectivity index (χ4n) is 4.40. The molecule has 0 aliphatic heterocycles. The lowest BCUT2D eigenvalue weighted by molar-refractivity contribution is 0.0978. The molecule has 0 unspecified atom stereocenters. The molecule has 0 atom stereocenters. The first kappa shape index (κ1) is 25.3. The largest absolute Gasteiger partial charge is 0.382 e. The third-order valence-corrected chi connectivity index (χ3v) is 7.49. The second kappa shape index (κ2) is 10.9. The zero-order valence-corrected chi connectivity index (χ0v) is 22.1. The number of rotatable bonds is 9. The zero-order valence-electron chi connectivity index (χ0n) is 21.2. The Bertz CT molecular complexity index is 1650. The maximum Gasteiger partial charge on any atom is 0.258 e. The highest BCUT2D eigenvalue weighted by Crippen LogP contribution is 2.34. The summed E-state index contributed by atoms with van der Waals surface area (Å²) in [5, 5.41) is 9.89. The van der Waals surface area contributed by atoms with Gasteiger partial charge in [0.05, 0.1) is 21.5 Å². The highest BCUT2D eigenvalue weighted by Gasteiger charge is 2.18. The summed E-state index contributed by atoms with van der Waals surface area (Å²) in [6.45, 7) is 4.08. The van der Waals surface area contributed by atoms with Crippen LogP contribution in [-0.4, -0.2) is 26.6 Å². The molecular weight excluding hydrogens is 496 g/mol. The molecule has 3 aromatic heterocycles. The van der Waals surface area contributed by atoms with E-state index in [4.69, 9.17) is 5.73 Å². The fourth-order valence-corrected chi connectivity index (χ4v) is 5.30. The van der Waals surface area contributed by atoms with Crippen LogP contribution in [0.4, 0.5) is 23.0 Å². The van der Waals surface area contributed by atoms with Gasteiger partial charge in [-0.2, -0.15) is 0 Å². The van der Waals surface area contributed by atoms with Crippen molar-refractivity contribution in [1.82, 2.24) is 15.0 Å². The molecule has 3 heterocycles. The van der Waals surface area contributed by atoms with Crippen molar-refractivity contribution < 1.29 is 9.59 Å². The van der Waals surface area contributed by atoms with Gasteiger partial charge in [-0.15, -0.1) is 11.3 Å². The van der Waals surface area contributed by atoms with E-state index in [-0.39, 0.29) is 11.7 Å². The predicted octanol–water partition coefficient (Wildman–Crippen LogP) is 6.89. The van der Waals surface area contributed by atoms with Gasteiger partial charge in [-0.05, 0) is 49.2 Å². The number of carbonyl (C=O) groups excluding carboxylic acids is 2. The Morgan fingerprint density at radius 1 is 0.974 bits per heavy atom. The first-order valence-corrected chi connectivity index (χ1v) is 13.4. The average molecular weight is 525 g/mol. The molecule has 0 aliphatic carbocycles. The second-order valence-electron chi connectivity index (χ2n) is 9.13. The number of nitrogens with two attached hydrogens (primary N) is 1. The van der Waals surface area contributed by atoms with Crippen molar-refractivity contribution in [3.05, 3.63) is 77.1 Å². The molecule has 0 spiro atoms. The van der Waals surface area contributed by atoms with Gasteiger partial charge in [0.1, 0.15) is 18.0 Å². The summed E-state index contributed by atoms with van der Waals surface area (Å²) in [7, 11) is 0. The number of aryl methyl sites for hydroxylation is 1. The van der Waals surface area contributed by atoms with Gasteiger partial charge in [0.25, 0.3) is 5.91 Å². The van der Waals surface area contributed by atoms with E-state index in [9.17, 15) is 9.59 Å². The van der Waals surface area contributed by atoms with Crippen molar-refractivity contribution in [2.75, 3.05) is 16.4 Å². The van der Waals surface area contributed by atoms with Gasteiger partial charge in [-0.25, -0.2) is 15.0 Å². The quantitative estimate of drug-likeness (QED) is 0.142. The molecule has 5 aromatic rings. The van der Waals surface area contributed by atoms with Crippen molar-refractivity contribution in [2.45, 2.75) is 39.5 Å². The van der Waals surface area contributed by atoms with Gasteiger partial charge in [0.2, 0.25) is 0 Å². The second-order valence-corrected chi connectivity index (χ2v) is 10.0. The SMILES string of the molecule is CCCCCC(=O)c1ccc(Nc2nccc3c(NC(=O)c4csc5c(N)ncnc45)c(C)ccc23)cc1. The number of thiophene rings is 1. The average Bonchev–Trinajstić information content (AvgIpc) is 3.37. The number of Topliss-reactive ketones (excluding diaryl/α,β-unsaturated/α-hetero) is 1. The molecule has 0 saturated carbocycles. The lowest BCUT2D eigenvalue weighted by Gasteiger charge is -2.15. The number of anilines is 4. The number of carbonyl (C=O) groups is 2. The smallest absolute Gasteiger partial charge is 0.258 e. The summed E-state index contributed by atoms with van der Waals surface area (Å²) in [5.41, 5.74) is 10.1. The number of nitrogens with one attached hydrogen (secondary N) is 2. The van der Waals surface area contributed by atoms with Gasteiger partial charge in [0, 0.05) is 40.0 Å². The molecule has 5 rings (SSSR count). The van der Waals surface area contributed by atoms with Crippen LogP contribution in [0, 0.1) is 6.92 Å². The monoisotopic (exact) mass is 524 g/mol. The third-order valence-electron chi connectivity index (χ3n) is 6.50. The molecule has 38 heavy (non-hydrogen) atoms. The number of nitrogens with zero attached hydrogens (tertiary/aromatic N) is 3. The lowest BCUT2D eigenvalue weighted by Crippen LogP contribution is -2.13. The molecule has 0 fully saturated rings. The van der Waals surface area contributed by atoms with Gasteiger partial charge < -0.3 is 16.4 Å². The summed E-state index contributed by atoms with van der Waals surface area (Å²) in [6.07, 6.45) is 6.71. The standard InChI is InChI=1S/C29H28N6O2S/c1-3-4-5-6-23(36)18-8-10-19(11-9-18)34-28-21-12-7-17(2)24(20(21)13-14-31-28)35-29(37)22-15-38-26-25(22)32-16-33-27(26)30/h7-16H,3-6H2,1-2H3,(H,31,34)(H,35,37)(H2,30,32,33). The Morgan fingerprint density at radius 3 is 2.58 bits per heavy atom. The first-order chi connectivity index (χ1) is 18.5. The van der Waals surface area contributed by atoms with E-state index in [1.807, 2.05) is 49.4 Å². The molecule has 0 saturated heterocycles. The number of unbranched alkanes of at least 4 members (excludes halogenated alkanes) is 2. The van der Waals surface area contributed by atoms with E-state index >= 15 is 0 Å². The van der Waals surface area contributed by atoms with Crippen molar-refractivity contribution in [2.24, 2.45) is 0 Å². The van der Waals surface area contributed by atoms with Gasteiger partial charge in [-0.3, -0.25) is 9.59 Å². The minimum Gasteiger partial charge on any atom is -0.382 e.